The molecule has 0 saturated heterocycles. The van der Waals surface area contributed by atoms with Gasteiger partial charge in [-0.1, -0.05) is 0 Å². The Kier molecular flexibility index (Phi) is 3.69. The molecule has 0 aliphatic heterocycles. The van der Waals surface area contributed by atoms with Gasteiger partial charge in [0.15, 0.2) is 0 Å². The fourth-order valence-electron chi connectivity index (χ4n) is 1.17. The van der Waals surface area contributed by atoms with E-state index in [4.69, 9.17) is 4.74 Å². The minimum absolute atomic E-state index is 0.441. The second-order valence-corrected chi connectivity index (χ2v) is 4.86. The number of carbonyl (C=O) groups is 1. The van der Waals surface area contributed by atoms with Gasteiger partial charge in [0.1, 0.15) is 23.7 Å². The number of halogens is 1. The zero-order valence-electron chi connectivity index (χ0n) is 8.22. The normalized spacial score (nSPS) is 10.1. The molecule has 0 unspecified atom stereocenters. The topological polar surface area (TPSA) is 39.2 Å². The number of carbonyl (C=O) groups excluding carboxylic acids is 1. The summed E-state index contributed by atoms with van der Waals surface area (Å²) in [6.07, 6.45) is 2.54. The molecule has 0 bridgehead atoms. The molecule has 2 rings (SSSR count). The van der Waals surface area contributed by atoms with Crippen LogP contribution in [0.25, 0.3) is 0 Å². The number of thiazole rings is 1. The Hall–Kier alpha value is -1.20. The summed E-state index contributed by atoms with van der Waals surface area (Å²) in [5.41, 5.74) is 0.619. The van der Waals surface area contributed by atoms with Crippen molar-refractivity contribution in [3.8, 4) is 5.75 Å². The molecular weight excluding hydrogens is 290 g/mol. The lowest BCUT2D eigenvalue weighted by molar-refractivity contribution is 0.112. The predicted octanol–water partition coefficient (Wildman–Crippen LogP) is 3.30. The largest absolute Gasteiger partial charge is 0.485 e. The Morgan fingerprint density at radius 2 is 2.38 bits per heavy atom. The van der Waals surface area contributed by atoms with Crippen molar-refractivity contribution in [1.82, 2.24) is 4.98 Å². The monoisotopic (exact) mass is 297 g/mol. The summed E-state index contributed by atoms with van der Waals surface area (Å²) in [6, 6.07) is 5.21. The van der Waals surface area contributed by atoms with Crippen LogP contribution in [-0.2, 0) is 6.61 Å². The van der Waals surface area contributed by atoms with E-state index in [1.165, 1.54) is 0 Å². The lowest BCUT2D eigenvalue weighted by atomic mass is 10.2. The summed E-state index contributed by atoms with van der Waals surface area (Å²) in [5, 5.41) is 2.83. The average Bonchev–Trinajstić information content (AvgIpc) is 2.80. The standard InChI is InChI=1S/C11H8BrNO2S/c12-9-5-8(6-14)1-2-10(9)15-7-11-13-3-4-16-11/h1-6H,7H2. The SMILES string of the molecule is O=Cc1ccc(OCc2nccs2)c(Br)c1. The van der Waals surface area contributed by atoms with Crippen LogP contribution >= 0.6 is 27.3 Å². The van der Waals surface area contributed by atoms with Crippen LogP contribution in [-0.4, -0.2) is 11.3 Å². The highest BCUT2D eigenvalue weighted by molar-refractivity contribution is 9.10. The number of hydrogen-bond donors (Lipinski definition) is 0. The van der Waals surface area contributed by atoms with Gasteiger partial charge in [-0.3, -0.25) is 4.79 Å². The Morgan fingerprint density at radius 3 is 3.00 bits per heavy atom. The predicted molar refractivity (Wildman–Crippen MR) is 66.0 cm³/mol. The molecule has 0 radical (unpaired) electrons. The van der Waals surface area contributed by atoms with Gasteiger partial charge in [-0.25, -0.2) is 4.98 Å². The summed E-state index contributed by atoms with van der Waals surface area (Å²) < 4.78 is 6.34. The maximum atomic E-state index is 10.5. The Morgan fingerprint density at radius 1 is 1.50 bits per heavy atom. The van der Waals surface area contributed by atoms with E-state index in [0.29, 0.717) is 17.9 Å². The molecule has 3 nitrogen and oxygen atoms in total. The first-order valence-electron chi connectivity index (χ1n) is 4.55. The molecule has 0 saturated carbocycles. The van der Waals surface area contributed by atoms with Gasteiger partial charge in [0.2, 0.25) is 0 Å². The van der Waals surface area contributed by atoms with Crippen LogP contribution in [0.4, 0.5) is 0 Å². The molecule has 0 aliphatic carbocycles. The van der Waals surface area contributed by atoms with E-state index in [0.717, 1.165) is 15.8 Å². The Balaban J connectivity index is 2.07. The van der Waals surface area contributed by atoms with Crippen LogP contribution in [0, 0.1) is 0 Å². The highest BCUT2D eigenvalue weighted by Crippen LogP contribution is 2.26. The molecule has 0 N–H and O–H groups in total. The molecular formula is C11H8BrNO2S. The second kappa shape index (κ2) is 5.23. The lowest BCUT2D eigenvalue weighted by Crippen LogP contribution is -1.95. The van der Waals surface area contributed by atoms with Gasteiger partial charge in [0.05, 0.1) is 4.47 Å². The Bertz CT molecular complexity index is 485. The number of aldehydes is 1. The van der Waals surface area contributed by atoms with Gasteiger partial charge in [-0.15, -0.1) is 11.3 Å². The summed E-state index contributed by atoms with van der Waals surface area (Å²) >= 11 is 4.90. The van der Waals surface area contributed by atoms with Crippen LogP contribution < -0.4 is 4.74 Å². The number of nitrogens with zero attached hydrogens (tertiary/aromatic N) is 1. The maximum absolute atomic E-state index is 10.5. The molecule has 0 amide bonds. The highest BCUT2D eigenvalue weighted by Gasteiger charge is 2.03. The minimum Gasteiger partial charge on any atom is -0.485 e. The van der Waals surface area contributed by atoms with Crippen LogP contribution in [0.5, 0.6) is 5.75 Å². The van der Waals surface area contributed by atoms with E-state index in [9.17, 15) is 4.79 Å². The molecule has 0 fully saturated rings. The van der Waals surface area contributed by atoms with E-state index in [1.807, 2.05) is 5.38 Å². The second-order valence-electron chi connectivity index (χ2n) is 3.02. The first-order chi connectivity index (χ1) is 7.79. The molecule has 0 spiro atoms. The highest BCUT2D eigenvalue weighted by atomic mass is 79.9. The quantitative estimate of drug-likeness (QED) is 0.813. The number of rotatable bonds is 4. The first-order valence-corrected chi connectivity index (χ1v) is 6.23. The molecule has 1 aromatic heterocycles. The molecule has 0 aliphatic rings. The van der Waals surface area contributed by atoms with Crippen LogP contribution in [0.1, 0.15) is 15.4 Å². The van der Waals surface area contributed by atoms with Crippen molar-refractivity contribution >= 4 is 33.6 Å². The van der Waals surface area contributed by atoms with Gasteiger partial charge >= 0.3 is 0 Å². The van der Waals surface area contributed by atoms with Gasteiger partial charge in [0.25, 0.3) is 0 Å². The van der Waals surface area contributed by atoms with Gasteiger partial charge in [-0.2, -0.15) is 0 Å². The van der Waals surface area contributed by atoms with Gasteiger partial charge in [0, 0.05) is 17.1 Å². The van der Waals surface area contributed by atoms with Crippen LogP contribution in [0.2, 0.25) is 0 Å². The molecule has 1 aromatic carbocycles. The molecule has 16 heavy (non-hydrogen) atoms. The molecule has 2 aromatic rings. The smallest absolute Gasteiger partial charge is 0.150 e. The first kappa shape index (κ1) is 11.3. The van der Waals surface area contributed by atoms with E-state index in [1.54, 1.807) is 35.7 Å². The third kappa shape index (κ3) is 2.68. The summed E-state index contributed by atoms with van der Waals surface area (Å²) in [7, 11) is 0. The number of ether oxygens (including phenoxy) is 1. The van der Waals surface area contributed by atoms with E-state index in [2.05, 4.69) is 20.9 Å². The fraction of sp³-hybridized carbons (Fsp3) is 0.0909. The van der Waals surface area contributed by atoms with Crippen molar-refractivity contribution in [2.75, 3.05) is 0 Å². The van der Waals surface area contributed by atoms with Crippen molar-refractivity contribution in [2.45, 2.75) is 6.61 Å². The third-order valence-electron chi connectivity index (χ3n) is 1.93. The number of benzene rings is 1. The van der Waals surface area contributed by atoms with E-state index < -0.39 is 0 Å². The van der Waals surface area contributed by atoms with E-state index >= 15 is 0 Å². The van der Waals surface area contributed by atoms with Crippen molar-refractivity contribution in [2.24, 2.45) is 0 Å². The minimum atomic E-state index is 0.441. The van der Waals surface area contributed by atoms with Crippen molar-refractivity contribution in [1.29, 1.82) is 0 Å². The Labute approximate surface area is 105 Å². The average molecular weight is 298 g/mol. The number of aromatic nitrogens is 1. The maximum Gasteiger partial charge on any atom is 0.150 e. The van der Waals surface area contributed by atoms with E-state index in [-0.39, 0.29) is 0 Å². The van der Waals surface area contributed by atoms with Crippen LogP contribution in [0.15, 0.2) is 34.2 Å². The summed E-state index contributed by atoms with van der Waals surface area (Å²) in [4.78, 5) is 14.7. The van der Waals surface area contributed by atoms with Gasteiger partial charge in [-0.05, 0) is 34.1 Å². The zero-order valence-corrected chi connectivity index (χ0v) is 10.6. The van der Waals surface area contributed by atoms with Crippen molar-refractivity contribution in [3.63, 3.8) is 0 Å². The summed E-state index contributed by atoms with van der Waals surface area (Å²) in [6.45, 7) is 0.441. The zero-order chi connectivity index (χ0) is 11.4. The number of hydrogen-bond acceptors (Lipinski definition) is 4. The molecule has 82 valence electrons. The van der Waals surface area contributed by atoms with Gasteiger partial charge < -0.3 is 4.74 Å². The van der Waals surface area contributed by atoms with Crippen LogP contribution in [0.3, 0.4) is 0 Å². The van der Waals surface area contributed by atoms with Crippen molar-refractivity contribution < 1.29 is 9.53 Å². The lowest BCUT2D eigenvalue weighted by Gasteiger charge is -2.06. The molecule has 0 atom stereocenters. The fourth-order valence-corrected chi connectivity index (χ4v) is 2.21. The molecule has 5 heteroatoms. The molecule has 1 heterocycles. The third-order valence-corrected chi connectivity index (χ3v) is 3.30. The van der Waals surface area contributed by atoms with Crippen molar-refractivity contribution in [3.05, 3.63) is 44.8 Å². The summed E-state index contributed by atoms with van der Waals surface area (Å²) in [5.74, 6) is 0.709.